The molecule has 7 heteroatoms. The highest BCUT2D eigenvalue weighted by Gasteiger charge is 2.19. The summed E-state index contributed by atoms with van der Waals surface area (Å²) < 4.78 is 1.97. The monoisotopic (exact) mass is 355 g/mol. The first kappa shape index (κ1) is 18.1. The summed E-state index contributed by atoms with van der Waals surface area (Å²) in [5.41, 5.74) is 0.725. The van der Waals surface area contributed by atoms with Crippen LogP contribution in [0.3, 0.4) is 0 Å². The molecule has 7 nitrogen and oxygen atoms in total. The van der Waals surface area contributed by atoms with Crippen LogP contribution in [0.1, 0.15) is 52.4 Å². The molecule has 2 heterocycles. The van der Waals surface area contributed by atoms with Gasteiger partial charge >= 0.3 is 11.1 Å². The van der Waals surface area contributed by atoms with Crippen molar-refractivity contribution >= 4 is 11.0 Å². The summed E-state index contributed by atoms with van der Waals surface area (Å²) in [6, 6.07) is 5.71. The average Bonchev–Trinajstić information content (AvgIpc) is 3.04. The van der Waals surface area contributed by atoms with Gasteiger partial charge in [0, 0.05) is 12.0 Å². The van der Waals surface area contributed by atoms with E-state index in [4.69, 9.17) is 10.1 Å². The Balaban J connectivity index is 2.13. The lowest BCUT2D eigenvalue weighted by atomic mass is 10.1. The van der Waals surface area contributed by atoms with Crippen molar-refractivity contribution in [2.75, 3.05) is 0 Å². The van der Waals surface area contributed by atoms with E-state index in [1.807, 2.05) is 16.8 Å². The number of nitrogens with one attached hydrogen (secondary N) is 2. The fourth-order valence-corrected chi connectivity index (χ4v) is 2.83. The highest BCUT2D eigenvalue weighted by molar-refractivity contribution is 5.79. The molecule has 3 aromatic rings. The van der Waals surface area contributed by atoms with E-state index in [2.05, 4.69) is 37.7 Å². The quantitative estimate of drug-likeness (QED) is 0.664. The maximum atomic E-state index is 11.6. The van der Waals surface area contributed by atoms with E-state index in [9.17, 15) is 9.59 Å². The number of aryl methyl sites for hydroxylation is 1. The summed E-state index contributed by atoms with van der Waals surface area (Å²) >= 11 is 0. The number of aromatic amines is 2. The normalized spacial score (nSPS) is 12.8. The van der Waals surface area contributed by atoms with Crippen molar-refractivity contribution in [2.24, 2.45) is 5.92 Å². The Morgan fingerprint density at radius 2 is 1.77 bits per heavy atom. The Morgan fingerprint density at radius 1 is 1.08 bits per heavy atom. The van der Waals surface area contributed by atoms with E-state index in [1.54, 1.807) is 6.07 Å². The third-order valence-electron chi connectivity index (χ3n) is 4.76. The molecule has 0 bridgehead atoms. The molecule has 0 saturated heterocycles. The molecule has 0 radical (unpaired) electrons. The predicted molar refractivity (Wildman–Crippen MR) is 102 cm³/mol. The van der Waals surface area contributed by atoms with Crippen molar-refractivity contribution in [3.63, 3.8) is 0 Å². The average molecular weight is 355 g/mol. The second kappa shape index (κ2) is 7.27. The van der Waals surface area contributed by atoms with Gasteiger partial charge in [-0.05, 0) is 37.5 Å². The Bertz CT molecular complexity index is 1030. The molecule has 0 aliphatic heterocycles. The zero-order valence-electron chi connectivity index (χ0n) is 15.7. The van der Waals surface area contributed by atoms with E-state index in [1.165, 1.54) is 0 Å². The maximum Gasteiger partial charge on any atom is 0.314 e. The van der Waals surface area contributed by atoms with Gasteiger partial charge in [-0.15, -0.1) is 0 Å². The smallest absolute Gasteiger partial charge is 0.314 e. The van der Waals surface area contributed by atoms with Crippen LogP contribution in [0.5, 0.6) is 0 Å². The van der Waals surface area contributed by atoms with Crippen LogP contribution in [0.15, 0.2) is 27.8 Å². The fourth-order valence-electron chi connectivity index (χ4n) is 2.83. The van der Waals surface area contributed by atoms with E-state index >= 15 is 0 Å². The highest BCUT2D eigenvalue weighted by Crippen LogP contribution is 2.26. The van der Waals surface area contributed by atoms with Gasteiger partial charge in [0.25, 0.3) is 0 Å². The lowest BCUT2D eigenvalue weighted by Gasteiger charge is -2.18. The van der Waals surface area contributed by atoms with Crippen molar-refractivity contribution in [3.8, 4) is 11.4 Å². The SMILES string of the molecule is CCCCc1nc(-c2ccc3[nH]c(=O)c(=O)[nH]c3c2)n(C(C)C(C)C)n1. The summed E-state index contributed by atoms with van der Waals surface area (Å²) in [5, 5.41) is 4.73. The summed E-state index contributed by atoms with van der Waals surface area (Å²) in [7, 11) is 0. The molecule has 0 fully saturated rings. The van der Waals surface area contributed by atoms with Crippen molar-refractivity contribution < 1.29 is 0 Å². The van der Waals surface area contributed by atoms with Crippen LogP contribution in [0.25, 0.3) is 22.4 Å². The topological polar surface area (TPSA) is 96.4 Å². The molecule has 3 rings (SSSR count). The molecule has 1 unspecified atom stereocenters. The number of unbranched alkanes of at least 4 members (excludes halogenated alkanes) is 1. The van der Waals surface area contributed by atoms with Gasteiger partial charge in [0.05, 0.1) is 17.1 Å². The minimum Gasteiger partial charge on any atom is -0.316 e. The van der Waals surface area contributed by atoms with Gasteiger partial charge in [-0.25, -0.2) is 9.67 Å². The Kier molecular flexibility index (Phi) is 5.06. The van der Waals surface area contributed by atoms with E-state index in [0.717, 1.165) is 36.5 Å². The fraction of sp³-hybridized carbons (Fsp3) is 0.474. The number of hydrogen-bond acceptors (Lipinski definition) is 4. The first-order valence-electron chi connectivity index (χ1n) is 9.12. The molecule has 1 atom stereocenters. The molecule has 2 aromatic heterocycles. The molecular weight excluding hydrogens is 330 g/mol. The lowest BCUT2D eigenvalue weighted by Crippen LogP contribution is -2.28. The molecular formula is C19H25N5O2. The van der Waals surface area contributed by atoms with Crippen LogP contribution >= 0.6 is 0 Å². The summed E-state index contributed by atoms with van der Waals surface area (Å²) in [5.74, 6) is 2.03. The van der Waals surface area contributed by atoms with Crippen LogP contribution in [-0.4, -0.2) is 24.7 Å². The van der Waals surface area contributed by atoms with Gasteiger partial charge < -0.3 is 9.97 Å². The Morgan fingerprint density at radius 3 is 2.42 bits per heavy atom. The molecule has 0 aliphatic rings. The second-order valence-corrected chi connectivity index (χ2v) is 7.05. The molecule has 26 heavy (non-hydrogen) atoms. The molecule has 0 spiro atoms. The number of nitrogens with zero attached hydrogens (tertiary/aromatic N) is 3. The maximum absolute atomic E-state index is 11.6. The Labute approximate surface area is 151 Å². The van der Waals surface area contributed by atoms with Gasteiger partial charge in [-0.2, -0.15) is 5.10 Å². The number of benzene rings is 1. The van der Waals surface area contributed by atoms with E-state index < -0.39 is 11.1 Å². The van der Waals surface area contributed by atoms with E-state index in [0.29, 0.717) is 17.0 Å². The van der Waals surface area contributed by atoms with Gasteiger partial charge in [0.2, 0.25) is 0 Å². The van der Waals surface area contributed by atoms with Crippen LogP contribution in [0.2, 0.25) is 0 Å². The number of aromatic nitrogens is 5. The molecule has 0 aliphatic carbocycles. The third-order valence-corrected chi connectivity index (χ3v) is 4.76. The highest BCUT2D eigenvalue weighted by atomic mass is 16.2. The van der Waals surface area contributed by atoms with Gasteiger partial charge in [0.15, 0.2) is 11.6 Å². The van der Waals surface area contributed by atoms with Crippen molar-refractivity contribution in [3.05, 3.63) is 44.7 Å². The van der Waals surface area contributed by atoms with Crippen LogP contribution < -0.4 is 11.1 Å². The van der Waals surface area contributed by atoms with Crippen LogP contribution in [-0.2, 0) is 6.42 Å². The summed E-state index contributed by atoms with van der Waals surface area (Å²) in [6.45, 7) is 8.59. The predicted octanol–water partition coefficient (Wildman–Crippen LogP) is 3.03. The third kappa shape index (κ3) is 3.47. The van der Waals surface area contributed by atoms with Crippen molar-refractivity contribution in [1.29, 1.82) is 0 Å². The number of H-pyrrole nitrogens is 2. The lowest BCUT2D eigenvalue weighted by molar-refractivity contribution is 0.376. The summed E-state index contributed by atoms with van der Waals surface area (Å²) in [4.78, 5) is 33.1. The second-order valence-electron chi connectivity index (χ2n) is 7.05. The first-order chi connectivity index (χ1) is 12.4. The van der Waals surface area contributed by atoms with Crippen LogP contribution in [0, 0.1) is 5.92 Å². The Hall–Kier alpha value is -2.70. The number of rotatable bonds is 6. The largest absolute Gasteiger partial charge is 0.316 e. The zero-order chi connectivity index (χ0) is 18.8. The number of hydrogen-bond donors (Lipinski definition) is 2. The van der Waals surface area contributed by atoms with Crippen molar-refractivity contribution in [1.82, 2.24) is 24.7 Å². The summed E-state index contributed by atoms with van der Waals surface area (Å²) in [6.07, 6.45) is 2.99. The zero-order valence-corrected chi connectivity index (χ0v) is 15.7. The van der Waals surface area contributed by atoms with Gasteiger partial charge in [-0.1, -0.05) is 27.2 Å². The first-order valence-corrected chi connectivity index (χ1v) is 9.12. The van der Waals surface area contributed by atoms with Crippen molar-refractivity contribution in [2.45, 2.75) is 53.0 Å². The molecule has 0 saturated carbocycles. The number of fused-ring (bicyclic) bond motifs is 1. The standard InChI is InChI=1S/C19H25N5O2/c1-5-6-7-16-22-17(24(23-16)12(4)11(2)3)13-8-9-14-15(10-13)21-19(26)18(25)20-14/h8-12H,5-7H2,1-4H3,(H,20,25)(H,21,26). The minimum atomic E-state index is -0.657. The molecule has 138 valence electrons. The van der Waals surface area contributed by atoms with Gasteiger partial charge in [-0.3, -0.25) is 9.59 Å². The van der Waals surface area contributed by atoms with Crippen LogP contribution in [0.4, 0.5) is 0 Å². The minimum absolute atomic E-state index is 0.193. The molecule has 2 N–H and O–H groups in total. The molecule has 1 aromatic carbocycles. The van der Waals surface area contributed by atoms with E-state index in [-0.39, 0.29) is 6.04 Å². The van der Waals surface area contributed by atoms with Gasteiger partial charge in [0.1, 0.15) is 0 Å². The molecule has 0 amide bonds.